The molecule has 90 valence electrons. The van der Waals surface area contributed by atoms with Crippen LogP contribution in [-0.2, 0) is 6.42 Å². The number of nitriles is 1. The Kier molecular flexibility index (Phi) is 4.08. The molecule has 0 spiro atoms. The molecule has 0 fully saturated rings. The summed E-state index contributed by atoms with van der Waals surface area (Å²) in [6.07, 6.45) is 3.52. The van der Waals surface area contributed by atoms with Crippen molar-refractivity contribution in [1.29, 1.82) is 5.26 Å². The van der Waals surface area contributed by atoms with Crippen LogP contribution in [-0.4, -0.2) is 4.98 Å². The molecule has 0 aliphatic carbocycles. The molecule has 0 atom stereocenters. The van der Waals surface area contributed by atoms with E-state index in [-0.39, 0.29) is 6.42 Å². The smallest absolute Gasteiger partial charge is 0.0686 e. The van der Waals surface area contributed by atoms with Crippen molar-refractivity contribution < 1.29 is 0 Å². The number of benzene rings is 1. The highest BCUT2D eigenvalue weighted by Gasteiger charge is 2.15. The van der Waals surface area contributed by atoms with Crippen LogP contribution in [0.2, 0.25) is 15.1 Å². The van der Waals surface area contributed by atoms with Gasteiger partial charge < -0.3 is 0 Å². The monoisotopic (exact) mass is 296 g/mol. The second kappa shape index (κ2) is 5.58. The van der Waals surface area contributed by atoms with Gasteiger partial charge in [0.05, 0.1) is 27.6 Å². The van der Waals surface area contributed by atoms with Crippen LogP contribution in [0.1, 0.15) is 5.56 Å². The lowest BCUT2D eigenvalue weighted by Gasteiger charge is -2.11. The van der Waals surface area contributed by atoms with Gasteiger partial charge in [-0.3, -0.25) is 4.98 Å². The first-order valence-corrected chi connectivity index (χ1v) is 6.22. The third-order valence-electron chi connectivity index (χ3n) is 2.49. The van der Waals surface area contributed by atoms with E-state index >= 15 is 0 Å². The Hall–Kier alpha value is -1.27. The summed E-state index contributed by atoms with van der Waals surface area (Å²) in [6.45, 7) is 0. The van der Waals surface area contributed by atoms with E-state index in [1.54, 1.807) is 30.6 Å². The van der Waals surface area contributed by atoms with E-state index in [4.69, 9.17) is 40.1 Å². The minimum atomic E-state index is 0.261. The Balaban J connectivity index is 2.70. The fraction of sp³-hybridized carbons (Fsp3) is 0.0769. The van der Waals surface area contributed by atoms with Crippen molar-refractivity contribution in [3.05, 3.63) is 51.2 Å². The lowest BCUT2D eigenvalue weighted by atomic mass is 10.0. The first-order chi connectivity index (χ1) is 8.65. The molecule has 0 aliphatic rings. The Morgan fingerprint density at radius 3 is 2.56 bits per heavy atom. The average molecular weight is 298 g/mol. The largest absolute Gasteiger partial charge is 0.264 e. The third-order valence-corrected chi connectivity index (χ3v) is 3.61. The number of aromatic nitrogens is 1. The summed E-state index contributed by atoms with van der Waals surface area (Å²) in [4.78, 5) is 4.05. The van der Waals surface area contributed by atoms with E-state index in [1.165, 1.54) is 0 Å². The lowest BCUT2D eigenvalue weighted by molar-refractivity contribution is 1.21. The predicted molar refractivity (Wildman–Crippen MR) is 74.0 cm³/mol. The predicted octanol–water partition coefficient (Wildman–Crippen LogP) is 4.77. The summed E-state index contributed by atoms with van der Waals surface area (Å²) in [7, 11) is 0. The van der Waals surface area contributed by atoms with Crippen LogP contribution < -0.4 is 0 Å². The molecule has 1 heterocycles. The molecule has 0 saturated carbocycles. The zero-order valence-electron chi connectivity index (χ0n) is 9.12. The van der Waals surface area contributed by atoms with Gasteiger partial charge in [-0.05, 0) is 23.8 Å². The van der Waals surface area contributed by atoms with Gasteiger partial charge >= 0.3 is 0 Å². The molecule has 2 nitrogen and oxygen atoms in total. The van der Waals surface area contributed by atoms with Crippen LogP contribution in [0.25, 0.3) is 11.1 Å². The van der Waals surface area contributed by atoms with Crippen LogP contribution in [0, 0.1) is 11.3 Å². The Morgan fingerprint density at radius 2 is 1.83 bits per heavy atom. The number of hydrogen-bond acceptors (Lipinski definition) is 2. The summed E-state index contributed by atoms with van der Waals surface area (Å²) < 4.78 is 0. The van der Waals surface area contributed by atoms with Crippen molar-refractivity contribution in [1.82, 2.24) is 4.98 Å². The maximum absolute atomic E-state index is 8.82. The van der Waals surface area contributed by atoms with Gasteiger partial charge in [0.2, 0.25) is 0 Å². The second-order valence-corrected chi connectivity index (χ2v) is 4.78. The van der Waals surface area contributed by atoms with E-state index in [2.05, 4.69) is 11.1 Å². The maximum atomic E-state index is 8.82. The van der Waals surface area contributed by atoms with E-state index in [1.807, 2.05) is 0 Å². The Morgan fingerprint density at radius 1 is 1.11 bits per heavy atom. The van der Waals surface area contributed by atoms with Crippen LogP contribution in [0.4, 0.5) is 0 Å². The number of pyridine rings is 1. The molecular formula is C13H7Cl3N2. The first kappa shape index (κ1) is 13.2. The first-order valence-electron chi connectivity index (χ1n) is 5.09. The molecular weight excluding hydrogens is 291 g/mol. The maximum Gasteiger partial charge on any atom is 0.0686 e. The SMILES string of the molecule is N#CCc1ccncc1-c1c(Cl)ccc(Cl)c1Cl. The lowest BCUT2D eigenvalue weighted by Crippen LogP contribution is -1.92. The highest BCUT2D eigenvalue weighted by atomic mass is 35.5. The molecule has 0 aliphatic heterocycles. The molecule has 0 radical (unpaired) electrons. The van der Waals surface area contributed by atoms with Crippen molar-refractivity contribution in [2.24, 2.45) is 0 Å². The fourth-order valence-electron chi connectivity index (χ4n) is 1.66. The minimum Gasteiger partial charge on any atom is -0.264 e. The van der Waals surface area contributed by atoms with Crippen LogP contribution in [0.5, 0.6) is 0 Å². The molecule has 0 bridgehead atoms. The van der Waals surface area contributed by atoms with Gasteiger partial charge in [0.25, 0.3) is 0 Å². The Labute approximate surface area is 120 Å². The van der Waals surface area contributed by atoms with Gasteiger partial charge in [-0.1, -0.05) is 34.8 Å². The van der Waals surface area contributed by atoms with Gasteiger partial charge in [0.15, 0.2) is 0 Å². The van der Waals surface area contributed by atoms with E-state index < -0.39 is 0 Å². The summed E-state index contributed by atoms with van der Waals surface area (Å²) in [5.74, 6) is 0. The van der Waals surface area contributed by atoms with E-state index in [9.17, 15) is 0 Å². The molecule has 2 aromatic rings. The van der Waals surface area contributed by atoms with Crippen molar-refractivity contribution >= 4 is 34.8 Å². The van der Waals surface area contributed by atoms with Crippen LogP contribution in [0.15, 0.2) is 30.6 Å². The average Bonchev–Trinajstić information content (AvgIpc) is 2.37. The number of hydrogen-bond donors (Lipinski definition) is 0. The molecule has 0 saturated heterocycles. The number of rotatable bonds is 2. The van der Waals surface area contributed by atoms with E-state index in [0.29, 0.717) is 20.6 Å². The normalized spacial score (nSPS) is 10.1. The second-order valence-electron chi connectivity index (χ2n) is 3.59. The van der Waals surface area contributed by atoms with Gasteiger partial charge in [-0.25, -0.2) is 0 Å². The minimum absolute atomic E-state index is 0.261. The molecule has 18 heavy (non-hydrogen) atoms. The zero-order chi connectivity index (χ0) is 13.1. The van der Waals surface area contributed by atoms with E-state index in [0.717, 1.165) is 11.1 Å². The zero-order valence-corrected chi connectivity index (χ0v) is 11.4. The summed E-state index contributed by atoms with van der Waals surface area (Å²) in [6, 6.07) is 7.18. The standard InChI is InChI=1S/C13H7Cl3N2/c14-10-1-2-11(15)13(16)12(10)9-7-18-6-4-8(9)3-5-17/h1-2,4,6-7H,3H2. The summed E-state index contributed by atoms with van der Waals surface area (Å²) in [5, 5.41) is 10.1. The van der Waals surface area contributed by atoms with Gasteiger partial charge in [-0.15, -0.1) is 0 Å². The van der Waals surface area contributed by atoms with Crippen molar-refractivity contribution in [3.8, 4) is 17.2 Å². The molecule has 0 amide bonds. The summed E-state index contributed by atoms with van der Waals surface area (Å²) in [5.41, 5.74) is 2.17. The van der Waals surface area contributed by atoms with Gasteiger partial charge in [0, 0.05) is 23.5 Å². The molecule has 2 rings (SSSR count). The summed E-state index contributed by atoms with van der Waals surface area (Å²) >= 11 is 18.3. The third kappa shape index (κ3) is 2.44. The Bertz CT molecular complexity index is 633. The topological polar surface area (TPSA) is 36.7 Å². The van der Waals surface area contributed by atoms with Crippen LogP contribution in [0.3, 0.4) is 0 Å². The van der Waals surface area contributed by atoms with Crippen LogP contribution >= 0.6 is 34.8 Å². The number of nitrogens with zero attached hydrogens (tertiary/aromatic N) is 2. The molecule has 0 unspecified atom stereocenters. The fourth-order valence-corrected chi connectivity index (χ4v) is 2.39. The van der Waals surface area contributed by atoms with Crippen molar-refractivity contribution in [3.63, 3.8) is 0 Å². The highest BCUT2D eigenvalue weighted by molar-refractivity contribution is 6.46. The quantitative estimate of drug-likeness (QED) is 0.748. The highest BCUT2D eigenvalue weighted by Crippen LogP contribution is 2.40. The number of halogens is 3. The van der Waals surface area contributed by atoms with Gasteiger partial charge in [-0.2, -0.15) is 5.26 Å². The molecule has 1 aromatic carbocycles. The molecule has 0 N–H and O–H groups in total. The van der Waals surface area contributed by atoms with Gasteiger partial charge in [0.1, 0.15) is 0 Å². The molecule has 1 aromatic heterocycles. The van der Waals surface area contributed by atoms with Crippen molar-refractivity contribution in [2.75, 3.05) is 0 Å². The van der Waals surface area contributed by atoms with Crippen molar-refractivity contribution in [2.45, 2.75) is 6.42 Å². The molecule has 5 heteroatoms.